The number of ether oxygens (including phenoxy) is 1. The zero-order valence-corrected chi connectivity index (χ0v) is 20.7. The lowest BCUT2D eigenvalue weighted by atomic mass is 9.86. The van der Waals surface area contributed by atoms with E-state index in [0.717, 1.165) is 22.6 Å². The Morgan fingerprint density at radius 2 is 1.65 bits per heavy atom. The first-order valence-corrected chi connectivity index (χ1v) is 12.4. The van der Waals surface area contributed by atoms with Crippen molar-refractivity contribution in [2.75, 3.05) is 5.32 Å². The van der Waals surface area contributed by atoms with Gasteiger partial charge in [0.05, 0.1) is 0 Å². The lowest BCUT2D eigenvalue weighted by Crippen LogP contribution is -2.18. The molecule has 0 spiro atoms. The molecule has 3 aromatic carbocycles. The maximum Gasteiger partial charge on any atom is 0.247 e. The van der Waals surface area contributed by atoms with Crippen LogP contribution in [0.4, 0.5) is 5.69 Å². The van der Waals surface area contributed by atoms with Crippen molar-refractivity contribution >= 4 is 17.4 Å². The molecule has 172 valence electrons. The molecule has 4 aromatic rings. The van der Waals surface area contributed by atoms with Crippen molar-refractivity contribution in [3.8, 4) is 17.1 Å². The van der Waals surface area contributed by atoms with Crippen LogP contribution in [0.25, 0.3) is 11.3 Å². The minimum absolute atomic E-state index is 0.0934. The second-order valence-electron chi connectivity index (χ2n) is 9.58. The van der Waals surface area contributed by atoms with E-state index in [4.69, 9.17) is 9.72 Å². The SMILES string of the molecule is Cc1ccc(CSc2nnc3c(n2)OC(c2ccc(C(C)(C)C)cc2)Nc2ccccc2-3)cc1. The highest BCUT2D eigenvalue weighted by Gasteiger charge is 2.26. The molecule has 5 rings (SSSR count). The van der Waals surface area contributed by atoms with Crippen molar-refractivity contribution < 1.29 is 4.74 Å². The lowest BCUT2D eigenvalue weighted by molar-refractivity contribution is 0.225. The van der Waals surface area contributed by atoms with Gasteiger partial charge in [0.15, 0.2) is 11.9 Å². The minimum Gasteiger partial charge on any atom is -0.448 e. The summed E-state index contributed by atoms with van der Waals surface area (Å²) in [7, 11) is 0. The molecule has 1 aromatic heterocycles. The Kier molecular flexibility index (Phi) is 6.00. The normalized spacial score (nSPS) is 14.9. The molecule has 1 aliphatic rings. The molecular weight excluding hydrogens is 440 g/mol. The average Bonchev–Trinajstić information content (AvgIpc) is 3.00. The molecule has 0 saturated heterocycles. The quantitative estimate of drug-likeness (QED) is 0.327. The Morgan fingerprint density at radius 3 is 2.38 bits per heavy atom. The number of benzene rings is 3. The van der Waals surface area contributed by atoms with Gasteiger partial charge in [-0.2, -0.15) is 4.98 Å². The summed E-state index contributed by atoms with van der Waals surface area (Å²) in [5.74, 6) is 1.26. The fourth-order valence-corrected chi connectivity index (χ4v) is 4.58. The van der Waals surface area contributed by atoms with Gasteiger partial charge in [0, 0.05) is 22.6 Å². The number of fused-ring (bicyclic) bond motifs is 3. The standard InChI is InChI=1S/C28H28N4OS/c1-18-9-11-19(12-10-18)17-34-27-30-26-24(31-32-27)22-7-5-6-8-23(22)29-25(33-26)20-13-15-21(16-14-20)28(2,3)4/h5-16,25,29H,17H2,1-4H3. The van der Waals surface area contributed by atoms with E-state index in [-0.39, 0.29) is 11.6 Å². The highest BCUT2D eigenvalue weighted by atomic mass is 32.2. The van der Waals surface area contributed by atoms with Crippen LogP contribution >= 0.6 is 11.8 Å². The summed E-state index contributed by atoms with van der Waals surface area (Å²) < 4.78 is 6.42. The number of thioether (sulfide) groups is 1. The Balaban J connectivity index is 1.46. The van der Waals surface area contributed by atoms with Gasteiger partial charge in [-0.1, -0.05) is 105 Å². The molecule has 1 N–H and O–H groups in total. The Labute approximate surface area is 205 Å². The molecule has 2 heterocycles. The van der Waals surface area contributed by atoms with Crippen LogP contribution in [0.2, 0.25) is 0 Å². The van der Waals surface area contributed by atoms with Gasteiger partial charge in [-0.3, -0.25) is 0 Å². The molecular formula is C28H28N4OS. The van der Waals surface area contributed by atoms with Crippen LogP contribution in [-0.4, -0.2) is 15.2 Å². The number of hydrogen-bond acceptors (Lipinski definition) is 6. The van der Waals surface area contributed by atoms with Gasteiger partial charge in [0.25, 0.3) is 0 Å². The van der Waals surface area contributed by atoms with Crippen molar-refractivity contribution in [1.29, 1.82) is 0 Å². The lowest BCUT2D eigenvalue weighted by Gasteiger charge is -2.22. The monoisotopic (exact) mass is 468 g/mol. The molecule has 1 aliphatic heterocycles. The van der Waals surface area contributed by atoms with Crippen LogP contribution < -0.4 is 10.1 Å². The average molecular weight is 469 g/mol. The Bertz CT molecular complexity index is 1300. The van der Waals surface area contributed by atoms with Crippen LogP contribution in [0.5, 0.6) is 5.88 Å². The summed E-state index contributed by atoms with van der Waals surface area (Å²) in [6.45, 7) is 8.74. The summed E-state index contributed by atoms with van der Waals surface area (Å²) in [5, 5.41) is 13.0. The van der Waals surface area contributed by atoms with Crippen molar-refractivity contribution in [2.45, 2.75) is 50.2 Å². The highest BCUT2D eigenvalue weighted by molar-refractivity contribution is 7.98. The molecule has 0 bridgehead atoms. The number of aryl methyl sites for hydroxylation is 1. The van der Waals surface area contributed by atoms with E-state index >= 15 is 0 Å². The van der Waals surface area contributed by atoms with Crippen molar-refractivity contribution in [3.63, 3.8) is 0 Å². The molecule has 1 unspecified atom stereocenters. The highest BCUT2D eigenvalue weighted by Crippen LogP contribution is 2.40. The van der Waals surface area contributed by atoms with Crippen LogP contribution in [0.1, 0.15) is 49.3 Å². The molecule has 1 atom stereocenters. The number of para-hydroxylation sites is 1. The molecule has 0 amide bonds. The summed E-state index contributed by atoms with van der Waals surface area (Å²) in [6, 6.07) is 25.1. The third-order valence-corrected chi connectivity index (χ3v) is 6.81. The third-order valence-electron chi connectivity index (χ3n) is 5.90. The predicted octanol–water partition coefficient (Wildman–Crippen LogP) is 6.94. The first-order valence-electron chi connectivity index (χ1n) is 11.4. The zero-order chi connectivity index (χ0) is 23.7. The van der Waals surface area contributed by atoms with E-state index in [2.05, 4.69) is 91.7 Å². The van der Waals surface area contributed by atoms with E-state index in [0.29, 0.717) is 16.7 Å². The van der Waals surface area contributed by atoms with E-state index in [1.165, 1.54) is 16.7 Å². The molecule has 0 aliphatic carbocycles. The predicted molar refractivity (Wildman–Crippen MR) is 138 cm³/mol. The van der Waals surface area contributed by atoms with Gasteiger partial charge < -0.3 is 10.1 Å². The number of aromatic nitrogens is 3. The zero-order valence-electron chi connectivity index (χ0n) is 19.9. The van der Waals surface area contributed by atoms with E-state index < -0.39 is 0 Å². The number of anilines is 1. The van der Waals surface area contributed by atoms with Crippen LogP contribution in [0.3, 0.4) is 0 Å². The number of rotatable bonds is 4. The first kappa shape index (κ1) is 22.4. The van der Waals surface area contributed by atoms with E-state index in [1.54, 1.807) is 11.8 Å². The molecule has 0 saturated carbocycles. The molecule has 0 radical (unpaired) electrons. The smallest absolute Gasteiger partial charge is 0.247 e. The topological polar surface area (TPSA) is 59.9 Å². The third kappa shape index (κ3) is 4.77. The fraction of sp³-hybridized carbons (Fsp3) is 0.250. The van der Waals surface area contributed by atoms with Gasteiger partial charge in [0.1, 0.15) is 0 Å². The van der Waals surface area contributed by atoms with E-state index in [9.17, 15) is 0 Å². The Hall–Kier alpha value is -3.38. The number of nitrogens with zero attached hydrogens (tertiary/aromatic N) is 3. The maximum atomic E-state index is 6.42. The molecule has 5 nitrogen and oxygen atoms in total. The van der Waals surface area contributed by atoms with Gasteiger partial charge >= 0.3 is 0 Å². The van der Waals surface area contributed by atoms with Gasteiger partial charge in [-0.15, -0.1) is 10.2 Å². The summed E-state index contributed by atoms with van der Waals surface area (Å²) in [6.07, 6.45) is -0.386. The van der Waals surface area contributed by atoms with Crippen molar-refractivity contribution in [2.24, 2.45) is 0 Å². The second-order valence-corrected chi connectivity index (χ2v) is 10.5. The van der Waals surface area contributed by atoms with E-state index in [1.807, 2.05) is 24.3 Å². The minimum atomic E-state index is -0.386. The van der Waals surface area contributed by atoms with Gasteiger partial charge in [0.2, 0.25) is 11.0 Å². The van der Waals surface area contributed by atoms with Crippen molar-refractivity contribution in [1.82, 2.24) is 15.2 Å². The summed E-state index contributed by atoms with van der Waals surface area (Å²) >= 11 is 1.56. The fourth-order valence-electron chi connectivity index (χ4n) is 3.85. The maximum absolute atomic E-state index is 6.42. The molecule has 34 heavy (non-hydrogen) atoms. The van der Waals surface area contributed by atoms with Gasteiger partial charge in [-0.25, -0.2) is 0 Å². The summed E-state index contributed by atoms with van der Waals surface area (Å²) in [4.78, 5) is 4.76. The molecule has 0 fully saturated rings. The van der Waals surface area contributed by atoms with Crippen LogP contribution in [-0.2, 0) is 11.2 Å². The Morgan fingerprint density at radius 1 is 0.912 bits per heavy atom. The summed E-state index contributed by atoms with van der Waals surface area (Å²) in [5.41, 5.74) is 7.40. The largest absolute Gasteiger partial charge is 0.448 e. The van der Waals surface area contributed by atoms with Crippen molar-refractivity contribution in [3.05, 3.63) is 95.1 Å². The number of hydrogen-bond donors (Lipinski definition) is 1. The van der Waals surface area contributed by atoms with Gasteiger partial charge in [-0.05, 0) is 29.5 Å². The molecule has 6 heteroatoms. The second kappa shape index (κ2) is 9.11. The van der Waals surface area contributed by atoms with Crippen LogP contribution in [0, 0.1) is 6.92 Å². The first-order chi connectivity index (χ1) is 16.4. The number of nitrogens with one attached hydrogen (secondary N) is 1. The van der Waals surface area contributed by atoms with Crippen LogP contribution in [0.15, 0.2) is 78.0 Å².